The molecule has 0 saturated heterocycles. The van der Waals surface area contributed by atoms with Gasteiger partial charge in [-0.3, -0.25) is 0 Å². The van der Waals surface area contributed by atoms with Crippen molar-refractivity contribution in [3.8, 4) is 5.75 Å². The van der Waals surface area contributed by atoms with Crippen molar-refractivity contribution in [2.45, 2.75) is 50.2 Å². The van der Waals surface area contributed by atoms with Gasteiger partial charge in [0, 0.05) is 11.5 Å². The Morgan fingerprint density at radius 3 is 2.67 bits per heavy atom. The highest BCUT2D eigenvalue weighted by Crippen LogP contribution is 2.42. The van der Waals surface area contributed by atoms with Crippen LogP contribution in [0.2, 0.25) is 0 Å². The van der Waals surface area contributed by atoms with Gasteiger partial charge in [0.05, 0.1) is 20.3 Å². The van der Waals surface area contributed by atoms with Crippen molar-refractivity contribution in [3.63, 3.8) is 0 Å². The maximum Gasteiger partial charge on any atom is 0.119 e. The number of aryl methyl sites for hydroxylation is 1. The van der Waals surface area contributed by atoms with Crippen LogP contribution in [0.15, 0.2) is 72.8 Å². The molecule has 174 valence electrons. The highest BCUT2D eigenvalue weighted by molar-refractivity contribution is 5.85. The summed E-state index contributed by atoms with van der Waals surface area (Å²) in [6.45, 7) is 2.46. The highest BCUT2D eigenvalue weighted by atomic mass is 35.5. The molecule has 1 aliphatic carbocycles. The summed E-state index contributed by atoms with van der Waals surface area (Å²) in [6, 6.07) is 26.7. The van der Waals surface area contributed by atoms with Gasteiger partial charge in [0.15, 0.2) is 0 Å². The smallest absolute Gasteiger partial charge is 0.119 e. The van der Waals surface area contributed by atoms with E-state index in [-0.39, 0.29) is 17.8 Å². The third-order valence-corrected chi connectivity index (χ3v) is 7.30. The number of ether oxygens (including phenoxy) is 2. The standard InChI is InChI=1S/C29H33NO2.ClH/c1-31-25-16-15-22-10-7-14-28(26(22)19-25)30-18-8-17-29(24-11-3-2-4-12-24)21-32-20-23-9-5-6-13-27(23)29;/h2-6,9,11-13,15-16,19,28,30H,7-8,10,14,17-18,20-21H2,1H3;1H. The molecule has 0 aromatic heterocycles. The second-order valence-corrected chi connectivity index (χ2v) is 9.17. The van der Waals surface area contributed by atoms with Gasteiger partial charge in [-0.2, -0.15) is 0 Å². The number of rotatable bonds is 7. The molecular weight excluding hydrogens is 430 g/mol. The topological polar surface area (TPSA) is 30.5 Å². The van der Waals surface area contributed by atoms with Gasteiger partial charge >= 0.3 is 0 Å². The summed E-state index contributed by atoms with van der Waals surface area (Å²) in [5.41, 5.74) is 6.92. The van der Waals surface area contributed by atoms with Crippen LogP contribution in [0.4, 0.5) is 0 Å². The number of benzene rings is 3. The first kappa shape index (κ1) is 23.8. The minimum absolute atomic E-state index is 0. The third-order valence-electron chi connectivity index (χ3n) is 7.30. The van der Waals surface area contributed by atoms with Crippen LogP contribution in [-0.2, 0) is 23.2 Å². The number of hydrogen-bond donors (Lipinski definition) is 1. The zero-order valence-corrected chi connectivity index (χ0v) is 20.2. The first-order valence-corrected chi connectivity index (χ1v) is 11.9. The molecule has 3 nitrogen and oxygen atoms in total. The van der Waals surface area contributed by atoms with Crippen molar-refractivity contribution < 1.29 is 9.47 Å². The SMILES string of the molecule is COc1ccc2c(c1)C(NCCCC1(c3ccccc3)COCc3ccccc31)CCC2.Cl. The lowest BCUT2D eigenvalue weighted by Crippen LogP contribution is -2.38. The van der Waals surface area contributed by atoms with Gasteiger partial charge in [-0.1, -0.05) is 60.7 Å². The van der Waals surface area contributed by atoms with Crippen LogP contribution in [0.1, 0.15) is 59.5 Å². The lowest BCUT2D eigenvalue weighted by atomic mass is 9.69. The normalized spacial score (nSPS) is 21.4. The summed E-state index contributed by atoms with van der Waals surface area (Å²) >= 11 is 0. The van der Waals surface area contributed by atoms with Crippen LogP contribution in [0.25, 0.3) is 0 Å². The number of nitrogens with one attached hydrogen (secondary N) is 1. The summed E-state index contributed by atoms with van der Waals surface area (Å²) in [7, 11) is 1.75. The molecule has 0 fully saturated rings. The fourth-order valence-corrected chi connectivity index (χ4v) is 5.66. The van der Waals surface area contributed by atoms with Crippen molar-refractivity contribution in [3.05, 3.63) is 101 Å². The van der Waals surface area contributed by atoms with Crippen LogP contribution < -0.4 is 10.1 Å². The Morgan fingerprint density at radius 1 is 1.00 bits per heavy atom. The molecule has 2 aliphatic rings. The molecule has 4 heteroatoms. The van der Waals surface area contributed by atoms with Gasteiger partial charge in [-0.05, 0) is 78.6 Å². The largest absolute Gasteiger partial charge is 0.497 e. The molecule has 2 atom stereocenters. The van der Waals surface area contributed by atoms with Crippen molar-refractivity contribution in [2.24, 2.45) is 0 Å². The molecule has 0 bridgehead atoms. The van der Waals surface area contributed by atoms with Gasteiger partial charge in [0.1, 0.15) is 5.75 Å². The third kappa shape index (κ3) is 4.82. The summed E-state index contributed by atoms with van der Waals surface area (Å²) in [5, 5.41) is 3.86. The van der Waals surface area contributed by atoms with Crippen LogP contribution in [-0.4, -0.2) is 20.3 Å². The Labute approximate surface area is 203 Å². The van der Waals surface area contributed by atoms with E-state index >= 15 is 0 Å². The number of methoxy groups -OCH3 is 1. The lowest BCUT2D eigenvalue weighted by molar-refractivity contribution is 0.0612. The van der Waals surface area contributed by atoms with Crippen molar-refractivity contribution in [2.75, 3.05) is 20.3 Å². The number of fused-ring (bicyclic) bond motifs is 2. The van der Waals surface area contributed by atoms with E-state index in [0.29, 0.717) is 12.6 Å². The number of halogens is 1. The molecule has 0 radical (unpaired) electrons. The van der Waals surface area contributed by atoms with Crippen molar-refractivity contribution in [1.82, 2.24) is 5.32 Å². The Kier molecular flexibility index (Phi) is 7.75. The Bertz CT molecular complexity index is 1050. The molecule has 1 heterocycles. The lowest BCUT2D eigenvalue weighted by Gasteiger charge is -2.40. The first-order valence-electron chi connectivity index (χ1n) is 11.9. The quantitative estimate of drug-likeness (QED) is 0.412. The zero-order chi connectivity index (χ0) is 21.8. The van der Waals surface area contributed by atoms with Gasteiger partial charge < -0.3 is 14.8 Å². The average molecular weight is 464 g/mol. The maximum absolute atomic E-state index is 6.15. The minimum Gasteiger partial charge on any atom is -0.497 e. The predicted octanol–water partition coefficient (Wildman–Crippen LogP) is 6.38. The summed E-state index contributed by atoms with van der Waals surface area (Å²) in [5.74, 6) is 0.955. The van der Waals surface area contributed by atoms with E-state index in [1.165, 1.54) is 47.1 Å². The minimum atomic E-state index is -0.0779. The van der Waals surface area contributed by atoms with Gasteiger partial charge in [-0.15, -0.1) is 12.4 Å². The fourth-order valence-electron chi connectivity index (χ4n) is 5.66. The second-order valence-electron chi connectivity index (χ2n) is 9.17. The Hall–Kier alpha value is -2.33. The molecule has 5 rings (SSSR count). The van der Waals surface area contributed by atoms with Crippen molar-refractivity contribution >= 4 is 12.4 Å². The van der Waals surface area contributed by atoms with Gasteiger partial charge in [0.25, 0.3) is 0 Å². The van der Waals surface area contributed by atoms with E-state index in [1.54, 1.807) is 7.11 Å². The van der Waals surface area contributed by atoms with Gasteiger partial charge in [-0.25, -0.2) is 0 Å². The van der Waals surface area contributed by atoms with E-state index in [0.717, 1.165) is 31.7 Å². The summed E-state index contributed by atoms with van der Waals surface area (Å²) in [6.07, 6.45) is 5.77. The molecule has 2 unspecified atom stereocenters. The van der Waals surface area contributed by atoms with Crippen LogP contribution in [0, 0.1) is 0 Å². The zero-order valence-electron chi connectivity index (χ0n) is 19.4. The molecule has 33 heavy (non-hydrogen) atoms. The summed E-state index contributed by atoms with van der Waals surface area (Å²) in [4.78, 5) is 0. The van der Waals surface area contributed by atoms with E-state index < -0.39 is 0 Å². The van der Waals surface area contributed by atoms with E-state index in [9.17, 15) is 0 Å². The van der Waals surface area contributed by atoms with Crippen LogP contribution in [0.3, 0.4) is 0 Å². The molecule has 3 aromatic rings. The Morgan fingerprint density at radius 2 is 1.82 bits per heavy atom. The maximum atomic E-state index is 6.15. The molecule has 1 N–H and O–H groups in total. The molecule has 0 saturated carbocycles. The average Bonchev–Trinajstić information content (AvgIpc) is 2.87. The van der Waals surface area contributed by atoms with E-state index in [1.807, 2.05) is 0 Å². The summed E-state index contributed by atoms with van der Waals surface area (Å²) < 4.78 is 11.6. The van der Waals surface area contributed by atoms with E-state index in [4.69, 9.17) is 9.47 Å². The second kappa shape index (κ2) is 10.7. The molecule has 1 aliphatic heterocycles. The van der Waals surface area contributed by atoms with E-state index in [2.05, 4.69) is 78.1 Å². The first-order chi connectivity index (χ1) is 15.8. The molecule has 0 spiro atoms. The van der Waals surface area contributed by atoms with Crippen LogP contribution in [0.5, 0.6) is 5.75 Å². The highest BCUT2D eigenvalue weighted by Gasteiger charge is 2.38. The fraction of sp³-hybridized carbons (Fsp3) is 0.379. The van der Waals surface area contributed by atoms with Crippen LogP contribution >= 0.6 is 12.4 Å². The van der Waals surface area contributed by atoms with Gasteiger partial charge in [0.2, 0.25) is 0 Å². The monoisotopic (exact) mass is 463 g/mol. The molecular formula is C29H34ClNO2. The molecule has 0 amide bonds. The number of hydrogen-bond acceptors (Lipinski definition) is 3. The Balaban J connectivity index is 0.00000259. The molecule has 3 aromatic carbocycles. The predicted molar refractivity (Wildman–Crippen MR) is 136 cm³/mol. The van der Waals surface area contributed by atoms with Crippen molar-refractivity contribution in [1.29, 1.82) is 0 Å².